The fourth-order valence-electron chi connectivity index (χ4n) is 2.06. The maximum atomic E-state index is 13.3. The summed E-state index contributed by atoms with van der Waals surface area (Å²) < 4.78 is 28.1. The maximum Gasteiger partial charge on any atom is 0.170 e. The first kappa shape index (κ1) is 13.9. The summed E-state index contributed by atoms with van der Waals surface area (Å²) in [6.07, 6.45) is 0.765. The summed E-state index contributed by atoms with van der Waals surface area (Å²) in [6.45, 7) is 1.90. The lowest BCUT2D eigenvalue weighted by Gasteiger charge is -2.07. The van der Waals surface area contributed by atoms with Gasteiger partial charge in [-0.2, -0.15) is 10.4 Å². The molecule has 2 rings (SSSR count). The number of rotatable bonds is 4. The van der Waals surface area contributed by atoms with Crippen molar-refractivity contribution in [2.24, 2.45) is 0 Å². The van der Waals surface area contributed by atoms with E-state index in [-0.39, 0.29) is 18.7 Å². The van der Waals surface area contributed by atoms with Crippen molar-refractivity contribution in [2.75, 3.05) is 0 Å². The summed E-state index contributed by atoms with van der Waals surface area (Å²) >= 11 is 0. The number of carbonyl (C=O) groups excluding carboxylic acids is 1. The van der Waals surface area contributed by atoms with Crippen LogP contribution >= 0.6 is 0 Å². The minimum absolute atomic E-state index is 0.185. The first-order valence-electron chi connectivity index (χ1n) is 5.92. The lowest BCUT2D eigenvalue weighted by Crippen LogP contribution is -2.03. The van der Waals surface area contributed by atoms with Gasteiger partial charge in [0.05, 0.1) is 24.7 Å². The van der Waals surface area contributed by atoms with Crippen LogP contribution in [0.15, 0.2) is 18.2 Å². The van der Waals surface area contributed by atoms with Gasteiger partial charge in [0.25, 0.3) is 0 Å². The van der Waals surface area contributed by atoms with Gasteiger partial charge in [-0.1, -0.05) is 0 Å². The van der Waals surface area contributed by atoms with Gasteiger partial charge in [0.2, 0.25) is 0 Å². The van der Waals surface area contributed by atoms with Crippen LogP contribution in [0.2, 0.25) is 0 Å². The third-order valence-electron chi connectivity index (χ3n) is 2.91. The van der Waals surface area contributed by atoms with Gasteiger partial charge in [-0.25, -0.2) is 8.78 Å². The second-order valence-corrected chi connectivity index (χ2v) is 4.27. The summed E-state index contributed by atoms with van der Waals surface area (Å²) in [4.78, 5) is 10.9. The number of nitrogens with zero attached hydrogens (tertiary/aromatic N) is 3. The largest absolute Gasteiger partial charge is 0.296 e. The van der Waals surface area contributed by atoms with Gasteiger partial charge < -0.3 is 0 Å². The van der Waals surface area contributed by atoms with Gasteiger partial charge in [0, 0.05) is 17.2 Å². The highest BCUT2D eigenvalue weighted by Crippen LogP contribution is 2.27. The van der Waals surface area contributed by atoms with Crippen LogP contribution in [0.1, 0.15) is 22.5 Å². The number of hydrogen-bond donors (Lipinski definition) is 0. The molecule has 20 heavy (non-hydrogen) atoms. The number of hydrogen-bond acceptors (Lipinski definition) is 3. The number of halogens is 2. The molecule has 0 spiro atoms. The van der Waals surface area contributed by atoms with Crippen molar-refractivity contribution in [3.05, 3.63) is 41.1 Å². The van der Waals surface area contributed by atoms with Crippen molar-refractivity contribution in [3.63, 3.8) is 0 Å². The Hall–Kier alpha value is -2.55. The number of aldehydes is 1. The standard InChI is InChI=1S/C14H11F2N3O/c1-9-13(8-20)18-19(4-2-3-17)14(9)10-5-11(15)7-12(16)6-10/h5-8H,2,4H2,1H3. The van der Waals surface area contributed by atoms with Crippen LogP contribution in [0.5, 0.6) is 0 Å². The molecule has 102 valence electrons. The monoisotopic (exact) mass is 275 g/mol. The predicted octanol–water partition coefficient (Wildman–Crippen LogP) is 2.86. The van der Waals surface area contributed by atoms with Gasteiger partial charge in [-0.3, -0.25) is 9.48 Å². The lowest BCUT2D eigenvalue weighted by molar-refractivity contribution is 0.111. The zero-order valence-corrected chi connectivity index (χ0v) is 10.7. The van der Waals surface area contributed by atoms with Crippen molar-refractivity contribution < 1.29 is 13.6 Å². The van der Waals surface area contributed by atoms with Crippen molar-refractivity contribution >= 4 is 6.29 Å². The van der Waals surface area contributed by atoms with E-state index >= 15 is 0 Å². The van der Waals surface area contributed by atoms with E-state index in [0.717, 1.165) is 6.07 Å². The molecule has 0 aliphatic heterocycles. The Morgan fingerprint density at radius 1 is 1.35 bits per heavy atom. The van der Waals surface area contributed by atoms with Gasteiger partial charge in [0.1, 0.15) is 17.3 Å². The van der Waals surface area contributed by atoms with Gasteiger partial charge >= 0.3 is 0 Å². The summed E-state index contributed by atoms with van der Waals surface area (Å²) in [6, 6.07) is 5.08. The Balaban J connectivity index is 2.61. The highest BCUT2D eigenvalue weighted by Gasteiger charge is 2.16. The number of nitriles is 1. The molecular weight excluding hydrogens is 264 g/mol. The van der Waals surface area contributed by atoms with Crippen LogP contribution in [0.4, 0.5) is 8.78 Å². The minimum Gasteiger partial charge on any atom is -0.296 e. The van der Waals surface area contributed by atoms with E-state index in [1.807, 2.05) is 6.07 Å². The molecule has 0 aliphatic carbocycles. The molecule has 0 N–H and O–H groups in total. The van der Waals surface area contributed by atoms with Crippen molar-refractivity contribution in [1.29, 1.82) is 5.26 Å². The smallest absolute Gasteiger partial charge is 0.170 e. The van der Waals surface area contributed by atoms with E-state index in [2.05, 4.69) is 5.10 Å². The Bertz CT molecular complexity index is 681. The second-order valence-electron chi connectivity index (χ2n) is 4.27. The fraction of sp³-hybridized carbons (Fsp3) is 0.214. The van der Waals surface area contributed by atoms with Crippen molar-refractivity contribution in [3.8, 4) is 17.3 Å². The molecule has 0 atom stereocenters. The van der Waals surface area contributed by atoms with E-state index in [4.69, 9.17) is 5.26 Å². The van der Waals surface area contributed by atoms with E-state index in [9.17, 15) is 13.6 Å². The average Bonchev–Trinajstić information content (AvgIpc) is 2.71. The summed E-state index contributed by atoms with van der Waals surface area (Å²) in [5.74, 6) is -1.42. The zero-order chi connectivity index (χ0) is 14.7. The van der Waals surface area contributed by atoms with E-state index in [0.29, 0.717) is 23.1 Å². The number of benzene rings is 1. The normalized spacial score (nSPS) is 10.3. The Morgan fingerprint density at radius 3 is 2.55 bits per heavy atom. The summed E-state index contributed by atoms with van der Waals surface area (Å²) in [5, 5.41) is 12.7. The van der Waals surface area contributed by atoms with E-state index in [1.165, 1.54) is 16.8 Å². The molecule has 0 radical (unpaired) electrons. The molecule has 4 nitrogen and oxygen atoms in total. The number of carbonyl (C=O) groups is 1. The topological polar surface area (TPSA) is 58.7 Å². The molecular formula is C14H11F2N3O. The molecule has 0 unspecified atom stereocenters. The third kappa shape index (κ3) is 2.57. The molecule has 1 aromatic heterocycles. The SMILES string of the molecule is Cc1c(C=O)nn(CCC#N)c1-c1cc(F)cc(F)c1. The highest BCUT2D eigenvalue weighted by molar-refractivity contribution is 5.79. The molecule has 0 amide bonds. The summed E-state index contributed by atoms with van der Waals surface area (Å²) in [5.41, 5.74) is 1.46. The van der Waals surface area contributed by atoms with Gasteiger partial charge in [-0.05, 0) is 19.1 Å². The van der Waals surface area contributed by atoms with Crippen molar-refractivity contribution in [1.82, 2.24) is 9.78 Å². The number of aryl methyl sites for hydroxylation is 1. The third-order valence-corrected chi connectivity index (χ3v) is 2.91. The lowest BCUT2D eigenvalue weighted by atomic mass is 10.1. The van der Waals surface area contributed by atoms with Crippen LogP contribution in [-0.4, -0.2) is 16.1 Å². The quantitative estimate of drug-likeness (QED) is 0.806. The molecule has 0 saturated heterocycles. The van der Waals surface area contributed by atoms with Crippen LogP contribution in [0, 0.1) is 29.9 Å². The van der Waals surface area contributed by atoms with E-state index < -0.39 is 11.6 Å². The molecule has 0 aliphatic rings. The average molecular weight is 275 g/mol. The zero-order valence-electron chi connectivity index (χ0n) is 10.7. The molecule has 6 heteroatoms. The first-order chi connectivity index (χ1) is 9.56. The Kier molecular flexibility index (Phi) is 3.89. The predicted molar refractivity (Wildman–Crippen MR) is 67.9 cm³/mol. The van der Waals surface area contributed by atoms with Crippen LogP contribution in [0.3, 0.4) is 0 Å². The maximum absolute atomic E-state index is 13.3. The van der Waals surface area contributed by atoms with Crippen LogP contribution < -0.4 is 0 Å². The molecule has 1 heterocycles. The molecule has 2 aromatic rings. The van der Waals surface area contributed by atoms with Crippen LogP contribution in [0.25, 0.3) is 11.3 Å². The first-order valence-corrected chi connectivity index (χ1v) is 5.92. The molecule has 1 aromatic carbocycles. The van der Waals surface area contributed by atoms with Gasteiger partial charge in [-0.15, -0.1) is 0 Å². The van der Waals surface area contributed by atoms with E-state index in [1.54, 1.807) is 6.92 Å². The summed E-state index contributed by atoms with van der Waals surface area (Å²) in [7, 11) is 0. The van der Waals surface area contributed by atoms with Crippen molar-refractivity contribution in [2.45, 2.75) is 19.9 Å². The minimum atomic E-state index is -0.708. The highest BCUT2D eigenvalue weighted by atomic mass is 19.1. The Labute approximate surface area is 114 Å². The molecule has 0 fully saturated rings. The second kappa shape index (κ2) is 5.61. The molecule has 0 bridgehead atoms. The van der Waals surface area contributed by atoms with Gasteiger partial charge in [0.15, 0.2) is 6.29 Å². The van der Waals surface area contributed by atoms with Crippen LogP contribution in [-0.2, 0) is 6.54 Å². The number of aromatic nitrogens is 2. The molecule has 0 saturated carbocycles. The Morgan fingerprint density at radius 2 is 2.00 bits per heavy atom. The fourth-order valence-corrected chi connectivity index (χ4v) is 2.06.